The van der Waals surface area contributed by atoms with Crippen LogP contribution in [0.5, 0.6) is 0 Å². The number of carboxylic acids is 1. The minimum atomic E-state index is -1.41. The molecule has 41 heavy (non-hydrogen) atoms. The van der Waals surface area contributed by atoms with Crippen molar-refractivity contribution in [1.29, 1.82) is 0 Å². The molecular formula is C29H29ClF2N4O5. The SMILES string of the molecule is O=C(Nc1cc(F)c(CC(=O)N2C[C@@H](F)C[C@H]2C(=O)NC2CCC(C(=O)O)CC2)cc1Cl)c1c[nH]c2ccccc12. The quantitative estimate of drug-likeness (QED) is 0.325. The van der Waals surface area contributed by atoms with Crippen LogP contribution in [0.25, 0.3) is 10.9 Å². The van der Waals surface area contributed by atoms with Crippen LogP contribution in [0.2, 0.25) is 5.02 Å². The zero-order valence-corrected chi connectivity index (χ0v) is 22.7. The standard InChI is InChI=1S/C29H29ClF2N4O5/c30-21-9-16(22(32)12-24(21)35-27(38)20-13-33-23-4-2-1-3-19(20)23)10-26(37)36-14-17(31)11-25(36)28(39)34-18-7-5-15(6-8-18)29(40)41/h1-4,9,12-13,15,17-18,25,33H,5-8,10-11,14H2,(H,34,39)(H,35,38)(H,40,41)/t15?,17-,18?,25-/m0/s1. The number of carbonyl (C=O) groups is 4. The van der Waals surface area contributed by atoms with Gasteiger partial charge in [0.1, 0.15) is 18.0 Å². The van der Waals surface area contributed by atoms with Crippen molar-refractivity contribution in [2.24, 2.45) is 5.92 Å². The first-order valence-electron chi connectivity index (χ1n) is 13.4. The molecule has 3 amide bonds. The van der Waals surface area contributed by atoms with Crippen LogP contribution in [-0.2, 0) is 20.8 Å². The minimum absolute atomic E-state index is 0.0124. The molecular weight excluding hydrogens is 558 g/mol. The number of anilines is 1. The first kappa shape index (κ1) is 28.5. The number of aliphatic carboxylic acids is 1. The molecule has 0 radical (unpaired) electrons. The van der Waals surface area contributed by atoms with Crippen LogP contribution in [0.15, 0.2) is 42.6 Å². The van der Waals surface area contributed by atoms with E-state index in [1.54, 1.807) is 18.3 Å². The van der Waals surface area contributed by atoms with Crippen LogP contribution < -0.4 is 10.6 Å². The molecule has 1 aliphatic carbocycles. The highest BCUT2D eigenvalue weighted by Gasteiger charge is 2.41. The van der Waals surface area contributed by atoms with E-state index in [1.165, 1.54) is 6.07 Å². The van der Waals surface area contributed by atoms with Gasteiger partial charge >= 0.3 is 5.97 Å². The fourth-order valence-electron chi connectivity index (χ4n) is 5.62. The maximum Gasteiger partial charge on any atom is 0.306 e. The molecule has 0 unspecified atom stereocenters. The van der Waals surface area contributed by atoms with E-state index >= 15 is 4.39 Å². The summed E-state index contributed by atoms with van der Waals surface area (Å²) in [6, 6.07) is 8.16. The van der Waals surface area contributed by atoms with Gasteiger partial charge in [-0.05, 0) is 49.4 Å². The van der Waals surface area contributed by atoms with Crippen molar-refractivity contribution < 1.29 is 33.1 Å². The summed E-state index contributed by atoms with van der Waals surface area (Å²) in [4.78, 5) is 54.2. The molecule has 216 valence electrons. The third kappa shape index (κ3) is 6.19. The Labute approximate surface area is 239 Å². The number of aromatic amines is 1. The smallest absolute Gasteiger partial charge is 0.306 e. The van der Waals surface area contributed by atoms with Crippen LogP contribution in [0.3, 0.4) is 0 Å². The Hall–Kier alpha value is -3.99. The second-order valence-corrected chi connectivity index (χ2v) is 11.0. The van der Waals surface area contributed by atoms with Gasteiger partial charge < -0.3 is 25.6 Å². The summed E-state index contributed by atoms with van der Waals surface area (Å²) < 4.78 is 29.4. The number of likely N-dealkylation sites (tertiary alicyclic amines) is 1. The van der Waals surface area contributed by atoms with Gasteiger partial charge in [-0.1, -0.05) is 29.8 Å². The second kappa shape index (κ2) is 11.9. The van der Waals surface area contributed by atoms with Crippen LogP contribution >= 0.6 is 11.6 Å². The number of nitrogens with zero attached hydrogens (tertiary/aromatic N) is 1. The van der Waals surface area contributed by atoms with Crippen molar-refractivity contribution in [1.82, 2.24) is 15.2 Å². The Morgan fingerprint density at radius 2 is 1.83 bits per heavy atom. The average molecular weight is 587 g/mol. The summed E-state index contributed by atoms with van der Waals surface area (Å²) >= 11 is 6.33. The van der Waals surface area contributed by atoms with Gasteiger partial charge in [0.15, 0.2) is 0 Å². The molecule has 1 saturated heterocycles. The maximum atomic E-state index is 15.1. The van der Waals surface area contributed by atoms with Gasteiger partial charge in [-0.15, -0.1) is 0 Å². The number of aromatic nitrogens is 1. The molecule has 2 atom stereocenters. The predicted octanol–water partition coefficient (Wildman–Crippen LogP) is 4.45. The molecule has 2 aliphatic rings. The third-order valence-electron chi connectivity index (χ3n) is 7.86. The Morgan fingerprint density at radius 3 is 2.56 bits per heavy atom. The van der Waals surface area contributed by atoms with Gasteiger partial charge in [-0.2, -0.15) is 0 Å². The summed E-state index contributed by atoms with van der Waals surface area (Å²) in [5.74, 6) is -3.73. The Balaban J connectivity index is 1.23. The number of nitrogens with one attached hydrogen (secondary N) is 3. The number of para-hydroxylation sites is 1. The fourth-order valence-corrected chi connectivity index (χ4v) is 5.86. The van der Waals surface area contributed by atoms with Crippen molar-refractivity contribution in [2.75, 3.05) is 11.9 Å². The van der Waals surface area contributed by atoms with Gasteiger partial charge in [0.05, 0.1) is 35.2 Å². The van der Waals surface area contributed by atoms with E-state index in [0.717, 1.165) is 16.5 Å². The topological polar surface area (TPSA) is 132 Å². The largest absolute Gasteiger partial charge is 0.481 e. The van der Waals surface area contributed by atoms with Crippen molar-refractivity contribution in [3.63, 3.8) is 0 Å². The van der Waals surface area contributed by atoms with Gasteiger partial charge in [0, 0.05) is 29.6 Å². The molecule has 0 spiro atoms. The number of halogens is 3. The number of benzene rings is 2. The van der Waals surface area contributed by atoms with Crippen LogP contribution in [0.4, 0.5) is 14.5 Å². The summed E-state index contributed by atoms with van der Waals surface area (Å²) in [5, 5.41) is 15.3. The highest BCUT2D eigenvalue weighted by atomic mass is 35.5. The molecule has 12 heteroatoms. The highest BCUT2D eigenvalue weighted by molar-refractivity contribution is 6.34. The number of alkyl halides is 1. The molecule has 2 fully saturated rings. The van der Waals surface area contributed by atoms with Crippen LogP contribution in [-0.4, -0.2) is 63.5 Å². The van der Waals surface area contributed by atoms with E-state index in [1.807, 2.05) is 12.1 Å². The van der Waals surface area contributed by atoms with E-state index in [0.29, 0.717) is 36.6 Å². The fraction of sp³-hybridized carbons (Fsp3) is 0.379. The van der Waals surface area contributed by atoms with E-state index in [2.05, 4.69) is 15.6 Å². The predicted molar refractivity (Wildman–Crippen MR) is 148 cm³/mol. The number of amides is 3. The average Bonchev–Trinajstić information content (AvgIpc) is 3.55. The number of H-pyrrole nitrogens is 1. The van der Waals surface area contributed by atoms with E-state index in [9.17, 15) is 23.6 Å². The molecule has 2 aromatic carbocycles. The lowest BCUT2D eigenvalue weighted by Gasteiger charge is -2.30. The van der Waals surface area contributed by atoms with E-state index in [4.69, 9.17) is 16.7 Å². The summed E-state index contributed by atoms with van der Waals surface area (Å²) in [7, 11) is 0. The summed E-state index contributed by atoms with van der Waals surface area (Å²) in [6.45, 7) is -0.295. The number of rotatable bonds is 7. The highest BCUT2D eigenvalue weighted by Crippen LogP contribution is 2.30. The van der Waals surface area contributed by atoms with Crippen molar-refractivity contribution in [2.45, 2.75) is 56.8 Å². The molecule has 1 aliphatic heterocycles. The molecule has 5 rings (SSSR count). The monoisotopic (exact) mass is 586 g/mol. The van der Waals surface area contributed by atoms with Crippen LogP contribution in [0, 0.1) is 11.7 Å². The zero-order chi connectivity index (χ0) is 29.3. The summed E-state index contributed by atoms with van der Waals surface area (Å²) in [5.41, 5.74) is 1.08. The van der Waals surface area contributed by atoms with Gasteiger partial charge in [0.2, 0.25) is 11.8 Å². The molecule has 1 saturated carbocycles. The second-order valence-electron chi connectivity index (χ2n) is 10.6. The molecule has 2 heterocycles. The molecule has 0 bridgehead atoms. The van der Waals surface area contributed by atoms with Gasteiger partial charge in [0.25, 0.3) is 5.91 Å². The lowest BCUT2D eigenvalue weighted by Crippen LogP contribution is -2.50. The van der Waals surface area contributed by atoms with E-state index in [-0.39, 0.29) is 35.3 Å². The lowest BCUT2D eigenvalue weighted by molar-refractivity contribution is -0.143. The minimum Gasteiger partial charge on any atom is -0.481 e. The van der Waals surface area contributed by atoms with Crippen molar-refractivity contribution >= 4 is 51.9 Å². The number of carboxylic acid groups (broad SMARTS) is 1. The Kier molecular flexibility index (Phi) is 8.25. The lowest BCUT2D eigenvalue weighted by atomic mass is 9.86. The summed E-state index contributed by atoms with van der Waals surface area (Å²) in [6.07, 6.45) is 1.32. The molecule has 9 nitrogen and oxygen atoms in total. The zero-order valence-electron chi connectivity index (χ0n) is 22.0. The van der Waals surface area contributed by atoms with Crippen molar-refractivity contribution in [3.05, 3.63) is 64.6 Å². The first-order chi connectivity index (χ1) is 19.6. The normalized spacial score (nSPS) is 22.5. The number of hydrogen-bond donors (Lipinski definition) is 4. The van der Waals surface area contributed by atoms with Gasteiger partial charge in [-0.3, -0.25) is 19.2 Å². The molecule has 4 N–H and O–H groups in total. The first-order valence-corrected chi connectivity index (χ1v) is 13.8. The van der Waals surface area contributed by atoms with Crippen LogP contribution in [0.1, 0.15) is 48.0 Å². The third-order valence-corrected chi connectivity index (χ3v) is 8.17. The van der Waals surface area contributed by atoms with E-state index < -0.39 is 54.1 Å². The van der Waals surface area contributed by atoms with Crippen molar-refractivity contribution in [3.8, 4) is 0 Å². The van der Waals surface area contributed by atoms with Gasteiger partial charge in [-0.25, -0.2) is 8.78 Å². The molecule has 1 aromatic heterocycles. The number of fused-ring (bicyclic) bond motifs is 1. The maximum absolute atomic E-state index is 15.1. The molecule has 3 aromatic rings. The number of carbonyl (C=O) groups excluding carboxylic acids is 3. The Morgan fingerprint density at radius 1 is 1.10 bits per heavy atom. The Bertz CT molecular complexity index is 1500. The number of hydrogen-bond acceptors (Lipinski definition) is 4.